The van der Waals surface area contributed by atoms with Crippen LogP contribution in [-0.2, 0) is 9.53 Å². The zero-order valence-electron chi connectivity index (χ0n) is 14.6. The van der Waals surface area contributed by atoms with Crippen molar-refractivity contribution in [2.24, 2.45) is 4.99 Å². The van der Waals surface area contributed by atoms with Gasteiger partial charge in [-0.1, -0.05) is 23.9 Å². The van der Waals surface area contributed by atoms with Gasteiger partial charge in [-0.3, -0.25) is 0 Å². The standard InChI is InChI=1S/C20H14FNO5S/c1-25-20(24)17-18(23)16(8-11-5-6-14-15(7-11)27-10-26-14)28-19(17)22-13-4-2-3-12(21)9-13/h2-9,23H,10H2,1H3/b16-8+,22-19?. The molecular weight excluding hydrogens is 385 g/mol. The van der Waals surface area contributed by atoms with E-state index < -0.39 is 11.8 Å². The first-order valence-corrected chi connectivity index (χ1v) is 9.02. The van der Waals surface area contributed by atoms with Crippen LogP contribution in [0.25, 0.3) is 6.08 Å². The fraction of sp³-hybridized carbons (Fsp3) is 0.100. The number of esters is 1. The van der Waals surface area contributed by atoms with Crippen LogP contribution >= 0.6 is 11.8 Å². The summed E-state index contributed by atoms with van der Waals surface area (Å²) in [7, 11) is 1.21. The number of aliphatic imine (C=N–C) groups is 1. The molecule has 0 fully saturated rings. The summed E-state index contributed by atoms with van der Waals surface area (Å²) in [4.78, 5) is 16.9. The van der Waals surface area contributed by atoms with Crippen molar-refractivity contribution in [1.82, 2.24) is 0 Å². The molecule has 0 radical (unpaired) electrons. The Morgan fingerprint density at radius 1 is 1.25 bits per heavy atom. The van der Waals surface area contributed by atoms with E-state index in [0.717, 1.165) is 17.3 Å². The highest BCUT2D eigenvalue weighted by Crippen LogP contribution is 2.41. The Morgan fingerprint density at radius 3 is 2.86 bits per heavy atom. The molecule has 2 aromatic carbocycles. The van der Waals surface area contributed by atoms with Gasteiger partial charge in [0.15, 0.2) is 11.5 Å². The number of rotatable bonds is 3. The van der Waals surface area contributed by atoms with E-state index in [-0.39, 0.29) is 23.2 Å². The number of carbonyl (C=O) groups excluding carboxylic acids is 1. The van der Waals surface area contributed by atoms with Crippen molar-refractivity contribution in [3.63, 3.8) is 0 Å². The number of hydrogen-bond donors (Lipinski definition) is 1. The van der Waals surface area contributed by atoms with Crippen LogP contribution in [0.15, 0.2) is 63.7 Å². The minimum absolute atomic E-state index is 0.0660. The quantitative estimate of drug-likeness (QED) is 0.773. The van der Waals surface area contributed by atoms with Crippen molar-refractivity contribution < 1.29 is 28.5 Å². The Morgan fingerprint density at radius 2 is 2.07 bits per heavy atom. The highest BCUT2D eigenvalue weighted by Gasteiger charge is 2.33. The van der Waals surface area contributed by atoms with Crippen LogP contribution < -0.4 is 9.47 Å². The lowest BCUT2D eigenvalue weighted by molar-refractivity contribution is -0.135. The summed E-state index contributed by atoms with van der Waals surface area (Å²) < 4.78 is 28.9. The van der Waals surface area contributed by atoms with Gasteiger partial charge in [0.2, 0.25) is 6.79 Å². The fourth-order valence-corrected chi connectivity index (χ4v) is 3.74. The maximum Gasteiger partial charge on any atom is 0.344 e. The molecule has 2 aromatic rings. The van der Waals surface area contributed by atoms with Gasteiger partial charge < -0.3 is 19.3 Å². The van der Waals surface area contributed by atoms with Gasteiger partial charge in [0, 0.05) is 0 Å². The monoisotopic (exact) mass is 399 g/mol. The van der Waals surface area contributed by atoms with E-state index in [1.165, 1.54) is 25.3 Å². The van der Waals surface area contributed by atoms with Gasteiger partial charge in [0.25, 0.3) is 0 Å². The van der Waals surface area contributed by atoms with E-state index in [2.05, 4.69) is 4.99 Å². The topological polar surface area (TPSA) is 77.4 Å². The predicted molar refractivity (Wildman–Crippen MR) is 103 cm³/mol. The van der Waals surface area contributed by atoms with E-state index in [1.807, 2.05) is 0 Å². The molecule has 2 aliphatic rings. The summed E-state index contributed by atoms with van der Waals surface area (Å²) in [6.07, 6.45) is 1.69. The molecule has 0 unspecified atom stereocenters. The molecule has 6 nitrogen and oxygen atoms in total. The molecule has 0 bridgehead atoms. The van der Waals surface area contributed by atoms with Gasteiger partial charge in [-0.05, 0) is 42.0 Å². The average molecular weight is 399 g/mol. The predicted octanol–water partition coefficient (Wildman–Crippen LogP) is 4.36. The van der Waals surface area contributed by atoms with Crippen molar-refractivity contribution in [3.05, 3.63) is 70.1 Å². The highest BCUT2D eigenvalue weighted by molar-refractivity contribution is 8.18. The van der Waals surface area contributed by atoms with Crippen molar-refractivity contribution in [1.29, 1.82) is 0 Å². The minimum atomic E-state index is -0.728. The number of fused-ring (bicyclic) bond motifs is 1. The third-order valence-electron chi connectivity index (χ3n) is 4.01. The summed E-state index contributed by atoms with van der Waals surface area (Å²) in [5.41, 5.74) is 0.999. The lowest BCUT2D eigenvalue weighted by atomic mass is 10.1. The molecule has 0 atom stereocenters. The van der Waals surface area contributed by atoms with Crippen LogP contribution in [-0.4, -0.2) is 30.0 Å². The van der Waals surface area contributed by atoms with E-state index in [0.29, 0.717) is 22.1 Å². The number of carbonyl (C=O) groups is 1. The maximum atomic E-state index is 13.5. The normalized spacial score (nSPS) is 18.2. The van der Waals surface area contributed by atoms with Crippen LogP contribution in [0.3, 0.4) is 0 Å². The van der Waals surface area contributed by atoms with Gasteiger partial charge in [0.1, 0.15) is 22.2 Å². The average Bonchev–Trinajstić information content (AvgIpc) is 3.26. The Kier molecular flexibility index (Phi) is 4.79. The summed E-state index contributed by atoms with van der Waals surface area (Å²) in [5, 5.41) is 10.8. The molecular formula is C20H14FNO5S. The van der Waals surface area contributed by atoms with Gasteiger partial charge in [-0.25, -0.2) is 14.2 Å². The van der Waals surface area contributed by atoms with Crippen LogP contribution in [0.1, 0.15) is 5.56 Å². The third-order valence-corrected chi connectivity index (χ3v) is 5.03. The zero-order valence-corrected chi connectivity index (χ0v) is 15.5. The van der Waals surface area contributed by atoms with Crippen molar-refractivity contribution >= 4 is 34.5 Å². The molecule has 2 aliphatic heterocycles. The van der Waals surface area contributed by atoms with Crippen LogP contribution in [0.4, 0.5) is 10.1 Å². The third kappa shape index (κ3) is 3.46. The van der Waals surface area contributed by atoms with Crippen LogP contribution in [0, 0.1) is 5.82 Å². The number of aliphatic hydroxyl groups is 1. The first-order valence-electron chi connectivity index (χ1n) is 8.21. The Balaban J connectivity index is 1.73. The lowest BCUT2D eigenvalue weighted by Gasteiger charge is -2.02. The number of halogens is 1. The number of hydrogen-bond acceptors (Lipinski definition) is 7. The van der Waals surface area contributed by atoms with E-state index in [4.69, 9.17) is 14.2 Å². The second-order valence-corrected chi connectivity index (χ2v) is 6.87. The van der Waals surface area contributed by atoms with Crippen molar-refractivity contribution in [3.8, 4) is 11.5 Å². The molecule has 0 aromatic heterocycles. The molecule has 0 saturated heterocycles. The minimum Gasteiger partial charge on any atom is -0.506 e. The number of ether oxygens (including phenoxy) is 3. The second-order valence-electron chi connectivity index (χ2n) is 5.84. The van der Waals surface area contributed by atoms with Gasteiger partial charge in [-0.2, -0.15) is 0 Å². The Bertz CT molecular complexity index is 1060. The zero-order chi connectivity index (χ0) is 19.7. The maximum absolute atomic E-state index is 13.5. The molecule has 0 amide bonds. The fourth-order valence-electron chi connectivity index (χ4n) is 2.71. The first-order chi connectivity index (χ1) is 13.5. The van der Waals surface area contributed by atoms with Gasteiger partial charge >= 0.3 is 5.97 Å². The van der Waals surface area contributed by atoms with E-state index in [9.17, 15) is 14.3 Å². The largest absolute Gasteiger partial charge is 0.506 e. The SMILES string of the molecule is COC(=O)C1=C(O)/C(=C\c2ccc3c(c2)OCO3)SC1=Nc1cccc(F)c1. The number of nitrogens with zero attached hydrogens (tertiary/aromatic N) is 1. The summed E-state index contributed by atoms with van der Waals surface area (Å²) in [6, 6.07) is 11.0. The van der Waals surface area contributed by atoms with Crippen molar-refractivity contribution in [2.75, 3.05) is 13.9 Å². The van der Waals surface area contributed by atoms with Crippen molar-refractivity contribution in [2.45, 2.75) is 0 Å². The molecule has 4 rings (SSSR count). The number of aliphatic hydroxyl groups excluding tert-OH is 1. The summed E-state index contributed by atoms with van der Waals surface area (Å²) in [5.74, 6) is -0.181. The molecule has 142 valence electrons. The molecule has 8 heteroatoms. The molecule has 0 saturated carbocycles. The molecule has 0 aliphatic carbocycles. The highest BCUT2D eigenvalue weighted by atomic mass is 32.2. The van der Waals surface area contributed by atoms with Gasteiger partial charge in [-0.15, -0.1) is 0 Å². The first kappa shape index (κ1) is 18.1. The Labute approximate surface area is 163 Å². The second kappa shape index (κ2) is 7.40. The smallest absolute Gasteiger partial charge is 0.344 e. The van der Waals surface area contributed by atoms with Crippen LogP contribution in [0.5, 0.6) is 11.5 Å². The van der Waals surface area contributed by atoms with Gasteiger partial charge in [0.05, 0.1) is 17.7 Å². The number of methoxy groups -OCH3 is 1. The summed E-state index contributed by atoms with van der Waals surface area (Å²) in [6.45, 7) is 0.159. The van der Waals surface area contributed by atoms with E-state index >= 15 is 0 Å². The molecule has 0 spiro atoms. The molecule has 28 heavy (non-hydrogen) atoms. The molecule has 1 N–H and O–H groups in total. The molecule has 2 heterocycles. The lowest BCUT2D eigenvalue weighted by Crippen LogP contribution is -2.10. The Hall–Kier alpha value is -3.26. The van der Waals surface area contributed by atoms with E-state index in [1.54, 1.807) is 30.3 Å². The number of thioether (sulfide) groups is 1. The van der Waals surface area contributed by atoms with Crippen LogP contribution in [0.2, 0.25) is 0 Å². The summed E-state index contributed by atoms with van der Waals surface area (Å²) >= 11 is 1.09. The number of benzene rings is 2.